The van der Waals surface area contributed by atoms with E-state index in [1.807, 2.05) is 18.0 Å². The number of imide groups is 1. The molecule has 3 rings (SSSR count). The fourth-order valence-corrected chi connectivity index (χ4v) is 4.14. The number of amides is 3. The SMILES string of the molecule is CC(C1CC1)N(C)CC(=O)NCCN1C(=O)S/C(=C\c2ccccc2Cl)C1=O. The molecule has 2 fully saturated rings. The largest absolute Gasteiger partial charge is 0.353 e. The quantitative estimate of drug-likeness (QED) is 0.652. The zero-order valence-electron chi connectivity index (χ0n) is 16.0. The summed E-state index contributed by atoms with van der Waals surface area (Å²) in [6.45, 7) is 2.84. The number of rotatable bonds is 8. The second-order valence-corrected chi connectivity index (χ2v) is 8.60. The van der Waals surface area contributed by atoms with E-state index in [4.69, 9.17) is 11.6 Å². The fourth-order valence-electron chi connectivity index (χ4n) is 3.10. The van der Waals surface area contributed by atoms with Crippen molar-refractivity contribution in [3.05, 3.63) is 39.8 Å². The zero-order chi connectivity index (χ0) is 20.3. The average Bonchev–Trinajstić information content (AvgIpc) is 3.46. The summed E-state index contributed by atoms with van der Waals surface area (Å²) in [5, 5.41) is 2.98. The van der Waals surface area contributed by atoms with Crippen LogP contribution in [0.3, 0.4) is 0 Å². The van der Waals surface area contributed by atoms with Crippen LogP contribution >= 0.6 is 23.4 Å². The second-order valence-electron chi connectivity index (χ2n) is 7.20. The lowest BCUT2D eigenvalue weighted by Gasteiger charge is -2.24. The maximum absolute atomic E-state index is 12.5. The minimum Gasteiger partial charge on any atom is -0.353 e. The first-order valence-electron chi connectivity index (χ1n) is 9.33. The van der Waals surface area contributed by atoms with Gasteiger partial charge in [0.25, 0.3) is 11.1 Å². The van der Waals surface area contributed by atoms with Crippen molar-refractivity contribution in [1.82, 2.24) is 15.1 Å². The van der Waals surface area contributed by atoms with Gasteiger partial charge in [0, 0.05) is 24.2 Å². The van der Waals surface area contributed by atoms with Crippen molar-refractivity contribution in [3.63, 3.8) is 0 Å². The van der Waals surface area contributed by atoms with Gasteiger partial charge in [-0.05, 0) is 62.2 Å². The number of carbonyl (C=O) groups excluding carboxylic acids is 3. The van der Waals surface area contributed by atoms with E-state index in [0.717, 1.165) is 16.7 Å². The van der Waals surface area contributed by atoms with E-state index >= 15 is 0 Å². The predicted molar refractivity (Wildman–Crippen MR) is 112 cm³/mol. The van der Waals surface area contributed by atoms with Crippen LogP contribution in [0.4, 0.5) is 4.79 Å². The van der Waals surface area contributed by atoms with Gasteiger partial charge in [-0.3, -0.25) is 24.2 Å². The van der Waals surface area contributed by atoms with Crippen molar-refractivity contribution < 1.29 is 14.4 Å². The highest BCUT2D eigenvalue weighted by Crippen LogP contribution is 2.34. The van der Waals surface area contributed by atoms with Crippen LogP contribution < -0.4 is 5.32 Å². The molecule has 150 valence electrons. The molecule has 1 aliphatic heterocycles. The Kier molecular flexibility index (Phi) is 6.80. The van der Waals surface area contributed by atoms with Crippen LogP contribution in [0.2, 0.25) is 5.02 Å². The molecule has 1 aromatic rings. The van der Waals surface area contributed by atoms with Gasteiger partial charge in [0.1, 0.15) is 0 Å². The van der Waals surface area contributed by atoms with Gasteiger partial charge in [-0.15, -0.1) is 0 Å². The number of nitrogens with zero attached hydrogens (tertiary/aromatic N) is 2. The fraction of sp³-hybridized carbons (Fsp3) is 0.450. The van der Waals surface area contributed by atoms with Crippen LogP contribution in [0, 0.1) is 5.92 Å². The maximum atomic E-state index is 12.5. The molecular weight excluding hydrogens is 398 g/mol. The third-order valence-electron chi connectivity index (χ3n) is 5.12. The van der Waals surface area contributed by atoms with E-state index in [9.17, 15) is 14.4 Å². The van der Waals surface area contributed by atoms with Crippen LogP contribution in [0.25, 0.3) is 6.08 Å². The van der Waals surface area contributed by atoms with Crippen LogP contribution in [-0.4, -0.2) is 59.6 Å². The third kappa shape index (κ3) is 5.16. The van der Waals surface area contributed by atoms with Gasteiger partial charge < -0.3 is 5.32 Å². The molecule has 1 unspecified atom stereocenters. The molecule has 1 atom stereocenters. The van der Waals surface area contributed by atoms with Crippen molar-refractivity contribution in [2.75, 3.05) is 26.7 Å². The molecule has 1 aromatic carbocycles. The summed E-state index contributed by atoms with van der Waals surface area (Å²) >= 11 is 7.00. The molecule has 3 amide bonds. The van der Waals surface area contributed by atoms with Crippen LogP contribution in [0.5, 0.6) is 0 Å². The van der Waals surface area contributed by atoms with Gasteiger partial charge in [-0.1, -0.05) is 29.8 Å². The molecule has 1 saturated heterocycles. The molecule has 1 N–H and O–H groups in total. The standard InChI is InChI=1S/C20H24ClN3O3S/c1-13(14-7-8-14)23(2)12-18(25)22-9-10-24-19(26)17(28-20(24)27)11-15-5-3-4-6-16(15)21/h3-6,11,13-14H,7-10,12H2,1-2H3,(H,22,25)/b17-11-. The molecule has 6 nitrogen and oxygen atoms in total. The molecule has 2 aliphatic rings. The van der Waals surface area contributed by atoms with E-state index in [-0.39, 0.29) is 30.1 Å². The van der Waals surface area contributed by atoms with Crippen molar-refractivity contribution in [2.24, 2.45) is 5.92 Å². The Bertz CT molecular complexity index is 810. The number of hydrogen-bond donors (Lipinski definition) is 1. The van der Waals surface area contributed by atoms with E-state index in [2.05, 4.69) is 12.2 Å². The number of nitrogens with one attached hydrogen (secondary N) is 1. The van der Waals surface area contributed by atoms with Gasteiger partial charge >= 0.3 is 0 Å². The Morgan fingerprint density at radius 1 is 1.39 bits per heavy atom. The first kappa shape index (κ1) is 20.9. The lowest BCUT2D eigenvalue weighted by atomic mass is 10.2. The molecule has 0 radical (unpaired) electrons. The average molecular weight is 422 g/mol. The van der Waals surface area contributed by atoms with Gasteiger partial charge in [0.2, 0.25) is 5.91 Å². The number of hydrogen-bond acceptors (Lipinski definition) is 5. The van der Waals surface area contributed by atoms with Crippen LogP contribution in [0.15, 0.2) is 29.2 Å². The maximum Gasteiger partial charge on any atom is 0.293 e. The smallest absolute Gasteiger partial charge is 0.293 e. The summed E-state index contributed by atoms with van der Waals surface area (Å²) in [6.07, 6.45) is 4.09. The molecule has 1 saturated carbocycles. The molecule has 28 heavy (non-hydrogen) atoms. The first-order valence-corrected chi connectivity index (χ1v) is 10.5. The summed E-state index contributed by atoms with van der Waals surface area (Å²) in [4.78, 5) is 40.3. The Hall–Kier alpha value is -1.83. The van der Waals surface area contributed by atoms with Crippen LogP contribution in [0.1, 0.15) is 25.3 Å². The van der Waals surface area contributed by atoms with E-state index in [1.165, 1.54) is 12.8 Å². The van der Waals surface area contributed by atoms with Crippen molar-refractivity contribution >= 4 is 46.5 Å². The third-order valence-corrected chi connectivity index (χ3v) is 6.37. The number of halogens is 1. The van der Waals surface area contributed by atoms with Gasteiger partial charge in [0.05, 0.1) is 11.4 Å². The predicted octanol–water partition coefficient (Wildman–Crippen LogP) is 3.22. The lowest BCUT2D eigenvalue weighted by Crippen LogP contribution is -2.43. The topological polar surface area (TPSA) is 69.7 Å². The highest BCUT2D eigenvalue weighted by molar-refractivity contribution is 8.18. The van der Waals surface area contributed by atoms with Crippen molar-refractivity contribution in [2.45, 2.75) is 25.8 Å². The highest BCUT2D eigenvalue weighted by Gasteiger charge is 2.35. The van der Waals surface area contributed by atoms with E-state index < -0.39 is 0 Å². The Morgan fingerprint density at radius 2 is 2.11 bits per heavy atom. The Morgan fingerprint density at radius 3 is 2.79 bits per heavy atom. The number of likely N-dealkylation sites (N-methyl/N-ethyl adjacent to an activating group) is 1. The van der Waals surface area contributed by atoms with Crippen LogP contribution in [-0.2, 0) is 9.59 Å². The molecule has 0 aromatic heterocycles. The Labute approximate surface area is 174 Å². The summed E-state index contributed by atoms with van der Waals surface area (Å²) in [5.41, 5.74) is 0.691. The van der Waals surface area contributed by atoms with Crippen molar-refractivity contribution in [1.29, 1.82) is 0 Å². The normalized spacial score (nSPS) is 19.6. The van der Waals surface area contributed by atoms with Gasteiger partial charge in [-0.2, -0.15) is 0 Å². The molecule has 0 spiro atoms. The second kappa shape index (κ2) is 9.11. The number of thioether (sulfide) groups is 1. The number of benzene rings is 1. The Balaban J connectivity index is 1.49. The van der Waals surface area contributed by atoms with E-state index in [0.29, 0.717) is 34.0 Å². The molecule has 1 heterocycles. The lowest BCUT2D eigenvalue weighted by molar-refractivity contribution is -0.124. The minimum atomic E-state index is -0.358. The molecule has 8 heteroatoms. The van der Waals surface area contributed by atoms with E-state index in [1.54, 1.807) is 24.3 Å². The minimum absolute atomic E-state index is 0.103. The zero-order valence-corrected chi connectivity index (χ0v) is 17.6. The first-order chi connectivity index (χ1) is 13.4. The summed E-state index contributed by atoms with van der Waals surface area (Å²) in [5.74, 6) is 0.232. The summed E-state index contributed by atoms with van der Waals surface area (Å²) in [6, 6.07) is 7.53. The summed E-state index contributed by atoms with van der Waals surface area (Å²) in [7, 11) is 1.94. The molecule has 1 aliphatic carbocycles. The monoisotopic (exact) mass is 421 g/mol. The highest BCUT2D eigenvalue weighted by atomic mass is 35.5. The summed E-state index contributed by atoms with van der Waals surface area (Å²) < 4.78 is 0. The van der Waals surface area contributed by atoms with Gasteiger partial charge in [-0.25, -0.2) is 0 Å². The number of carbonyl (C=O) groups is 3. The van der Waals surface area contributed by atoms with Crippen molar-refractivity contribution in [3.8, 4) is 0 Å². The van der Waals surface area contributed by atoms with Gasteiger partial charge in [0.15, 0.2) is 0 Å². The molecular formula is C20H24ClN3O3S. The molecule has 0 bridgehead atoms.